The van der Waals surface area contributed by atoms with E-state index in [4.69, 9.17) is 5.41 Å². The van der Waals surface area contributed by atoms with Gasteiger partial charge in [0.1, 0.15) is 12.1 Å². The minimum atomic E-state index is -0.251. The summed E-state index contributed by atoms with van der Waals surface area (Å²) in [7, 11) is 1.52. The molecular formula is C5H9N3O. The molecule has 0 saturated carbocycles. The van der Waals surface area contributed by atoms with Crippen molar-refractivity contribution < 1.29 is 4.79 Å². The van der Waals surface area contributed by atoms with E-state index in [-0.39, 0.29) is 5.91 Å². The summed E-state index contributed by atoms with van der Waals surface area (Å²) in [4.78, 5) is 14.0. The second kappa shape index (κ2) is 3.77. The van der Waals surface area contributed by atoms with Crippen molar-refractivity contribution in [3.63, 3.8) is 0 Å². The van der Waals surface area contributed by atoms with Crippen molar-refractivity contribution in [3.05, 3.63) is 0 Å². The highest BCUT2D eigenvalue weighted by Crippen LogP contribution is 1.72. The van der Waals surface area contributed by atoms with Crippen LogP contribution in [0.1, 0.15) is 6.92 Å². The zero-order valence-electron chi connectivity index (χ0n) is 5.43. The first-order chi connectivity index (χ1) is 4.22. The van der Waals surface area contributed by atoms with E-state index in [0.29, 0.717) is 5.71 Å². The average molecular weight is 127 g/mol. The number of hydrogen-bond donors (Lipinski definition) is 2. The van der Waals surface area contributed by atoms with Gasteiger partial charge in [0.2, 0.25) is 0 Å². The van der Waals surface area contributed by atoms with Crippen molar-refractivity contribution in [1.82, 2.24) is 5.32 Å². The van der Waals surface area contributed by atoms with Crippen molar-refractivity contribution in [2.24, 2.45) is 4.99 Å². The third kappa shape index (κ3) is 2.58. The molecule has 2 N–H and O–H groups in total. The maximum atomic E-state index is 10.6. The lowest BCUT2D eigenvalue weighted by Crippen LogP contribution is -2.25. The second-order valence-corrected chi connectivity index (χ2v) is 1.42. The van der Waals surface area contributed by atoms with Gasteiger partial charge in [-0.3, -0.25) is 10.2 Å². The summed E-state index contributed by atoms with van der Waals surface area (Å²) in [6, 6.07) is 0. The number of aliphatic imine (C=N–C) groups is 1. The molecule has 4 nitrogen and oxygen atoms in total. The molecule has 0 atom stereocenters. The van der Waals surface area contributed by atoms with Gasteiger partial charge in [0.05, 0.1) is 0 Å². The van der Waals surface area contributed by atoms with Crippen molar-refractivity contribution in [3.8, 4) is 0 Å². The highest BCUT2D eigenvalue weighted by molar-refractivity contribution is 6.38. The molecule has 4 heteroatoms. The lowest BCUT2D eigenvalue weighted by atomic mass is 10.4. The van der Waals surface area contributed by atoms with Crippen LogP contribution < -0.4 is 5.32 Å². The van der Waals surface area contributed by atoms with Crippen molar-refractivity contribution in [2.75, 3.05) is 7.05 Å². The Balaban J connectivity index is 4.01. The fourth-order valence-electron chi connectivity index (χ4n) is 0.336. The van der Waals surface area contributed by atoms with E-state index in [9.17, 15) is 4.79 Å². The SMILES string of the molecule is CNC(=O)/C(C)=N/C=N. The molecule has 0 saturated heterocycles. The van der Waals surface area contributed by atoms with E-state index in [0.717, 1.165) is 6.34 Å². The minimum absolute atomic E-state index is 0.251. The van der Waals surface area contributed by atoms with Gasteiger partial charge >= 0.3 is 0 Å². The van der Waals surface area contributed by atoms with Crippen LogP contribution in [0.2, 0.25) is 0 Å². The number of nitrogens with zero attached hydrogens (tertiary/aromatic N) is 1. The van der Waals surface area contributed by atoms with Gasteiger partial charge in [0.15, 0.2) is 0 Å². The normalized spacial score (nSPS) is 10.7. The summed E-state index contributed by atoms with van der Waals surface area (Å²) in [5, 5.41) is 8.89. The van der Waals surface area contributed by atoms with Gasteiger partial charge in [-0.15, -0.1) is 0 Å². The van der Waals surface area contributed by atoms with Gasteiger partial charge in [-0.1, -0.05) is 0 Å². The number of hydrogen-bond acceptors (Lipinski definition) is 2. The lowest BCUT2D eigenvalue weighted by Gasteiger charge is -1.93. The van der Waals surface area contributed by atoms with Crippen molar-refractivity contribution in [2.45, 2.75) is 6.92 Å². The van der Waals surface area contributed by atoms with E-state index < -0.39 is 0 Å². The van der Waals surface area contributed by atoms with Crippen LogP contribution in [0.3, 0.4) is 0 Å². The Kier molecular flexibility index (Phi) is 3.27. The largest absolute Gasteiger partial charge is 0.354 e. The van der Waals surface area contributed by atoms with Crippen LogP contribution in [0.15, 0.2) is 4.99 Å². The van der Waals surface area contributed by atoms with Gasteiger partial charge in [-0.2, -0.15) is 0 Å². The summed E-state index contributed by atoms with van der Waals surface area (Å²) in [5.74, 6) is -0.251. The van der Waals surface area contributed by atoms with Gasteiger partial charge < -0.3 is 5.32 Å². The quantitative estimate of drug-likeness (QED) is 0.391. The van der Waals surface area contributed by atoms with Gasteiger partial charge in [-0.25, -0.2) is 4.99 Å². The fraction of sp³-hybridized carbons (Fsp3) is 0.400. The Morgan fingerprint density at radius 1 is 1.78 bits per heavy atom. The first kappa shape index (κ1) is 7.81. The summed E-state index contributed by atoms with van der Waals surface area (Å²) >= 11 is 0. The van der Waals surface area contributed by atoms with E-state index in [1.54, 1.807) is 6.92 Å². The van der Waals surface area contributed by atoms with Crippen molar-refractivity contribution in [1.29, 1.82) is 5.41 Å². The van der Waals surface area contributed by atoms with E-state index in [1.165, 1.54) is 7.05 Å². The molecular weight excluding hydrogens is 118 g/mol. The molecule has 0 fully saturated rings. The topological polar surface area (TPSA) is 65.3 Å². The third-order valence-corrected chi connectivity index (χ3v) is 0.814. The number of carbonyl (C=O) groups is 1. The van der Waals surface area contributed by atoms with Crippen LogP contribution in [0, 0.1) is 5.41 Å². The van der Waals surface area contributed by atoms with Gasteiger partial charge in [-0.05, 0) is 6.92 Å². The molecule has 0 rings (SSSR count). The van der Waals surface area contributed by atoms with E-state index in [2.05, 4.69) is 10.3 Å². The molecule has 0 unspecified atom stereocenters. The monoisotopic (exact) mass is 127 g/mol. The first-order valence-electron chi connectivity index (χ1n) is 2.47. The van der Waals surface area contributed by atoms with E-state index in [1.807, 2.05) is 0 Å². The van der Waals surface area contributed by atoms with Crippen LogP contribution in [0.5, 0.6) is 0 Å². The van der Waals surface area contributed by atoms with Gasteiger partial charge in [0, 0.05) is 7.05 Å². The molecule has 1 amide bonds. The fourth-order valence-corrected chi connectivity index (χ4v) is 0.336. The molecule has 9 heavy (non-hydrogen) atoms. The minimum Gasteiger partial charge on any atom is -0.354 e. The predicted octanol–water partition coefficient (Wildman–Crippen LogP) is -0.200. The first-order valence-corrected chi connectivity index (χ1v) is 2.47. The van der Waals surface area contributed by atoms with Crippen LogP contribution in [-0.4, -0.2) is 25.0 Å². The number of nitrogens with one attached hydrogen (secondary N) is 2. The zero-order chi connectivity index (χ0) is 7.28. The molecule has 0 aromatic carbocycles. The molecule has 0 aromatic heterocycles. The lowest BCUT2D eigenvalue weighted by molar-refractivity contribution is -0.114. The smallest absolute Gasteiger partial charge is 0.265 e. The van der Waals surface area contributed by atoms with Crippen LogP contribution in [0.25, 0.3) is 0 Å². The van der Waals surface area contributed by atoms with Crippen LogP contribution in [0.4, 0.5) is 0 Å². The summed E-state index contributed by atoms with van der Waals surface area (Å²) < 4.78 is 0. The van der Waals surface area contributed by atoms with Gasteiger partial charge in [0.25, 0.3) is 5.91 Å². The standard InChI is InChI=1S/C5H9N3O/c1-4(8-3-6)5(9)7-2/h3,6H,1-2H3,(H,7,9)/b6-3?,8-4+. The molecule has 0 aliphatic rings. The number of carbonyl (C=O) groups excluding carboxylic acids is 1. The van der Waals surface area contributed by atoms with Crippen LogP contribution in [-0.2, 0) is 4.79 Å². The summed E-state index contributed by atoms with van der Waals surface area (Å²) in [6.45, 7) is 1.55. The number of amides is 1. The molecule has 0 aliphatic carbocycles. The number of rotatable bonds is 2. The molecule has 0 bridgehead atoms. The average Bonchev–Trinajstić information content (AvgIpc) is 1.87. The molecule has 0 spiro atoms. The molecule has 0 radical (unpaired) electrons. The van der Waals surface area contributed by atoms with Crippen molar-refractivity contribution >= 4 is 18.0 Å². The molecule has 0 aromatic rings. The predicted molar refractivity (Wildman–Crippen MR) is 36.0 cm³/mol. The third-order valence-electron chi connectivity index (χ3n) is 0.814. The van der Waals surface area contributed by atoms with Crippen LogP contribution >= 0.6 is 0 Å². The highest BCUT2D eigenvalue weighted by atomic mass is 16.1. The maximum Gasteiger partial charge on any atom is 0.265 e. The Morgan fingerprint density at radius 3 is 2.67 bits per heavy atom. The molecule has 50 valence electrons. The Bertz CT molecular complexity index is 150. The summed E-state index contributed by atoms with van der Waals surface area (Å²) in [6.07, 6.45) is 0.838. The molecule has 0 heterocycles. The summed E-state index contributed by atoms with van der Waals surface area (Å²) in [5.41, 5.74) is 0.299. The van der Waals surface area contributed by atoms with E-state index >= 15 is 0 Å². The Labute approximate surface area is 53.5 Å². The Morgan fingerprint density at radius 2 is 2.33 bits per heavy atom. The maximum absolute atomic E-state index is 10.6. The highest BCUT2D eigenvalue weighted by Gasteiger charge is 1.98. The molecule has 0 aliphatic heterocycles. The second-order valence-electron chi connectivity index (χ2n) is 1.42. The Hall–Kier alpha value is -1.19. The zero-order valence-corrected chi connectivity index (χ0v) is 5.43.